The van der Waals surface area contributed by atoms with Crippen molar-refractivity contribution in [2.75, 3.05) is 18.0 Å². The number of amidine groups is 1. The molecule has 0 atom stereocenters. The zero-order valence-electron chi connectivity index (χ0n) is 10.7. The fourth-order valence-corrected chi connectivity index (χ4v) is 2.52. The van der Waals surface area contributed by atoms with E-state index >= 15 is 0 Å². The van der Waals surface area contributed by atoms with Crippen LogP contribution in [-0.4, -0.2) is 28.9 Å². The average molecular weight is 255 g/mol. The molecule has 1 aromatic carbocycles. The van der Waals surface area contributed by atoms with Crippen molar-refractivity contribution < 1.29 is 0 Å². The van der Waals surface area contributed by atoms with Crippen molar-refractivity contribution in [2.24, 2.45) is 11.7 Å². The van der Waals surface area contributed by atoms with Crippen LogP contribution < -0.4 is 10.6 Å². The van der Waals surface area contributed by atoms with E-state index in [2.05, 4.69) is 14.9 Å². The van der Waals surface area contributed by atoms with Gasteiger partial charge in [0.1, 0.15) is 5.82 Å². The number of aromatic nitrogens is 2. The average Bonchev–Trinajstić information content (AvgIpc) is 2.47. The molecule has 1 aliphatic heterocycles. The lowest BCUT2D eigenvalue weighted by Crippen LogP contribution is -2.38. The summed E-state index contributed by atoms with van der Waals surface area (Å²) in [7, 11) is 0. The zero-order chi connectivity index (χ0) is 13.2. The van der Waals surface area contributed by atoms with Gasteiger partial charge >= 0.3 is 0 Å². The number of nitrogens with one attached hydrogen (secondary N) is 1. The van der Waals surface area contributed by atoms with Crippen LogP contribution in [0.15, 0.2) is 30.5 Å². The second-order valence-corrected chi connectivity index (χ2v) is 4.93. The maximum atomic E-state index is 7.50. The number of nitrogens with two attached hydrogens (primary N) is 1. The summed E-state index contributed by atoms with van der Waals surface area (Å²) >= 11 is 0. The van der Waals surface area contributed by atoms with Gasteiger partial charge in [0.15, 0.2) is 0 Å². The quantitative estimate of drug-likeness (QED) is 0.633. The number of hydrogen-bond donors (Lipinski definition) is 2. The van der Waals surface area contributed by atoms with Crippen LogP contribution in [-0.2, 0) is 0 Å². The highest BCUT2D eigenvalue weighted by Gasteiger charge is 2.22. The predicted octanol–water partition coefficient (Wildman–Crippen LogP) is 1.78. The van der Waals surface area contributed by atoms with Crippen LogP contribution in [0.4, 0.5) is 5.82 Å². The summed E-state index contributed by atoms with van der Waals surface area (Å²) in [5.74, 6) is 1.45. The van der Waals surface area contributed by atoms with Gasteiger partial charge < -0.3 is 10.6 Å². The maximum absolute atomic E-state index is 7.50. The first-order valence-corrected chi connectivity index (χ1v) is 6.54. The summed E-state index contributed by atoms with van der Waals surface area (Å²) in [6.45, 7) is 1.77. The van der Waals surface area contributed by atoms with E-state index in [1.807, 2.05) is 30.5 Å². The van der Waals surface area contributed by atoms with Crippen molar-refractivity contribution in [3.8, 4) is 0 Å². The molecule has 1 saturated heterocycles. The summed E-state index contributed by atoms with van der Waals surface area (Å²) in [5, 5.41) is 7.50. The molecule has 0 saturated carbocycles. The lowest BCUT2D eigenvalue weighted by atomic mass is 9.96. The van der Waals surface area contributed by atoms with Crippen molar-refractivity contribution >= 4 is 22.7 Å². The van der Waals surface area contributed by atoms with E-state index < -0.39 is 0 Å². The number of benzene rings is 1. The molecule has 3 rings (SSSR count). The summed E-state index contributed by atoms with van der Waals surface area (Å²) in [6, 6.07) is 7.89. The fraction of sp³-hybridized carbons (Fsp3) is 0.357. The molecule has 0 amide bonds. The molecule has 0 bridgehead atoms. The van der Waals surface area contributed by atoms with Crippen LogP contribution in [0.25, 0.3) is 11.0 Å². The maximum Gasteiger partial charge on any atom is 0.147 e. The largest absolute Gasteiger partial charge is 0.387 e. The molecule has 0 aliphatic carbocycles. The summed E-state index contributed by atoms with van der Waals surface area (Å²) < 4.78 is 0. The van der Waals surface area contributed by atoms with Crippen molar-refractivity contribution in [3.05, 3.63) is 30.5 Å². The van der Waals surface area contributed by atoms with Crippen LogP contribution in [0.3, 0.4) is 0 Å². The lowest BCUT2D eigenvalue weighted by molar-refractivity contribution is 0.495. The van der Waals surface area contributed by atoms with E-state index in [1.54, 1.807) is 0 Å². The Hall–Kier alpha value is -2.17. The van der Waals surface area contributed by atoms with E-state index in [9.17, 15) is 0 Å². The van der Waals surface area contributed by atoms with E-state index in [-0.39, 0.29) is 5.92 Å². The Morgan fingerprint density at radius 1 is 1.21 bits per heavy atom. The molecule has 1 aromatic heterocycles. The van der Waals surface area contributed by atoms with Crippen LogP contribution in [0.1, 0.15) is 12.8 Å². The Bertz CT molecular complexity index is 602. The summed E-state index contributed by atoms with van der Waals surface area (Å²) in [4.78, 5) is 11.3. The Morgan fingerprint density at radius 2 is 1.89 bits per heavy atom. The highest BCUT2D eigenvalue weighted by atomic mass is 15.2. The van der Waals surface area contributed by atoms with Crippen LogP contribution in [0, 0.1) is 11.3 Å². The van der Waals surface area contributed by atoms with Crippen molar-refractivity contribution in [1.82, 2.24) is 9.97 Å². The van der Waals surface area contributed by atoms with Gasteiger partial charge in [-0.2, -0.15) is 0 Å². The van der Waals surface area contributed by atoms with Crippen molar-refractivity contribution in [3.63, 3.8) is 0 Å². The highest BCUT2D eigenvalue weighted by Crippen LogP contribution is 2.22. The first-order chi connectivity index (χ1) is 9.24. The molecular weight excluding hydrogens is 238 g/mol. The minimum absolute atomic E-state index is 0.227. The molecule has 5 nitrogen and oxygen atoms in total. The monoisotopic (exact) mass is 255 g/mol. The Morgan fingerprint density at radius 3 is 2.58 bits per heavy atom. The van der Waals surface area contributed by atoms with Crippen LogP contribution >= 0.6 is 0 Å². The molecular formula is C14H17N5. The molecule has 2 heterocycles. The SMILES string of the molecule is N=C(N)C1CCN(c2cnc3ccccc3n2)CC1. The summed E-state index contributed by atoms with van der Waals surface area (Å²) in [6.07, 6.45) is 3.67. The topological polar surface area (TPSA) is 78.9 Å². The number of para-hydroxylation sites is 2. The third kappa shape index (κ3) is 2.36. The van der Waals surface area contributed by atoms with E-state index in [4.69, 9.17) is 11.1 Å². The van der Waals surface area contributed by atoms with Gasteiger partial charge in [-0.25, -0.2) is 4.98 Å². The summed E-state index contributed by atoms with van der Waals surface area (Å²) in [5.41, 5.74) is 7.41. The molecule has 0 radical (unpaired) electrons. The van der Waals surface area contributed by atoms with Gasteiger partial charge in [-0.1, -0.05) is 12.1 Å². The van der Waals surface area contributed by atoms with Gasteiger partial charge in [-0.3, -0.25) is 10.4 Å². The Balaban J connectivity index is 1.80. The number of fused-ring (bicyclic) bond motifs is 1. The second-order valence-electron chi connectivity index (χ2n) is 4.93. The molecule has 0 spiro atoms. The fourth-order valence-electron chi connectivity index (χ4n) is 2.52. The Kier molecular flexibility index (Phi) is 3.03. The van der Waals surface area contributed by atoms with Crippen molar-refractivity contribution in [2.45, 2.75) is 12.8 Å². The number of anilines is 1. The second kappa shape index (κ2) is 4.84. The van der Waals surface area contributed by atoms with Crippen LogP contribution in [0.5, 0.6) is 0 Å². The van der Waals surface area contributed by atoms with Gasteiger partial charge in [-0.15, -0.1) is 0 Å². The minimum atomic E-state index is 0.227. The molecule has 98 valence electrons. The molecule has 19 heavy (non-hydrogen) atoms. The smallest absolute Gasteiger partial charge is 0.147 e. The first kappa shape index (κ1) is 11.9. The van der Waals surface area contributed by atoms with Gasteiger partial charge in [-0.05, 0) is 25.0 Å². The van der Waals surface area contributed by atoms with E-state index in [1.165, 1.54) is 0 Å². The molecule has 0 unspecified atom stereocenters. The molecule has 1 aliphatic rings. The van der Waals surface area contributed by atoms with Gasteiger partial charge in [0.25, 0.3) is 0 Å². The molecule has 2 aromatic rings. The van der Waals surface area contributed by atoms with E-state index in [0.717, 1.165) is 42.8 Å². The number of nitrogens with zero attached hydrogens (tertiary/aromatic N) is 3. The molecule has 1 fully saturated rings. The highest BCUT2D eigenvalue weighted by molar-refractivity contribution is 5.80. The van der Waals surface area contributed by atoms with E-state index in [0.29, 0.717) is 5.84 Å². The number of rotatable bonds is 2. The molecule has 5 heteroatoms. The molecule has 3 N–H and O–H groups in total. The normalized spacial score (nSPS) is 16.7. The third-order valence-corrected chi connectivity index (χ3v) is 3.69. The van der Waals surface area contributed by atoms with Gasteiger partial charge in [0.05, 0.1) is 23.1 Å². The van der Waals surface area contributed by atoms with Crippen LogP contribution in [0.2, 0.25) is 0 Å². The number of piperidine rings is 1. The third-order valence-electron chi connectivity index (χ3n) is 3.69. The lowest BCUT2D eigenvalue weighted by Gasteiger charge is -2.32. The van der Waals surface area contributed by atoms with Gasteiger partial charge in [0, 0.05) is 19.0 Å². The zero-order valence-corrected chi connectivity index (χ0v) is 10.7. The first-order valence-electron chi connectivity index (χ1n) is 6.54. The standard InChI is InChI=1S/C14H17N5/c15-14(16)10-5-7-19(8-6-10)13-9-17-11-3-1-2-4-12(11)18-13/h1-4,9-10H,5-8H2,(H3,15,16). The minimum Gasteiger partial charge on any atom is -0.387 e. The van der Waals surface area contributed by atoms with Crippen molar-refractivity contribution in [1.29, 1.82) is 5.41 Å². The number of hydrogen-bond acceptors (Lipinski definition) is 4. The Labute approximate surface area is 112 Å². The van der Waals surface area contributed by atoms with Gasteiger partial charge in [0.2, 0.25) is 0 Å². The predicted molar refractivity (Wildman–Crippen MR) is 76.4 cm³/mol.